The minimum atomic E-state index is -4.81. The number of azo groups is 4. The zero-order chi connectivity index (χ0) is 51.1. The first-order valence-corrected chi connectivity index (χ1v) is 25.3. The van der Waals surface area contributed by atoms with Gasteiger partial charge in [-0.2, -0.15) is 40.6 Å². The molecule has 0 aliphatic carbocycles. The number of phenols is 3. The van der Waals surface area contributed by atoms with Gasteiger partial charge < -0.3 is 15.3 Å². The minimum absolute atomic E-state index is 0.0310. The maximum Gasteiger partial charge on any atom is 0.295 e. The quantitative estimate of drug-likeness (QED) is 0.0491. The van der Waals surface area contributed by atoms with Gasteiger partial charge in [-0.15, -0.1) is 25.6 Å². The SMILES string of the molecule is Cc1cc(N=Nc2ccc(-c3ccc(N=Nc4cc(S(=O)(=O)O)c5ccccc5c4O)cc3)cc2)c(N=Nc2cc(S(=O)(=O)O)c3ccccc3c2O)cc1N=Nc1cc(S(=O)(=O)O)c2ccccc2c1O. The third kappa shape index (κ3) is 9.86. The number of aromatic hydroxyl groups is 3. The number of phenolic OH excluding ortho intramolecular Hbond substituents is 3. The fourth-order valence-electron chi connectivity index (χ4n) is 7.63. The molecule has 0 spiro atoms. The van der Waals surface area contributed by atoms with Crippen LogP contribution in [0.4, 0.5) is 45.5 Å². The predicted molar refractivity (Wildman–Crippen MR) is 266 cm³/mol. The maximum atomic E-state index is 12.4. The van der Waals surface area contributed by atoms with Crippen LogP contribution in [0.25, 0.3) is 43.4 Å². The first-order valence-electron chi connectivity index (χ1n) is 20.9. The Bertz CT molecular complexity index is 4170. The van der Waals surface area contributed by atoms with E-state index in [1.54, 1.807) is 79.7 Å². The number of aryl methyl sites for hydroxylation is 1. The van der Waals surface area contributed by atoms with Crippen LogP contribution in [-0.4, -0.2) is 54.2 Å². The van der Waals surface area contributed by atoms with E-state index < -0.39 is 56.5 Å². The van der Waals surface area contributed by atoms with E-state index in [-0.39, 0.29) is 72.2 Å². The van der Waals surface area contributed by atoms with Crippen LogP contribution in [0.1, 0.15) is 5.56 Å². The molecule has 0 saturated heterocycles. The molecule has 0 bridgehead atoms. The normalized spacial score (nSPS) is 12.7. The first-order chi connectivity index (χ1) is 34.2. The number of nitrogens with zero attached hydrogens (tertiary/aromatic N) is 8. The van der Waals surface area contributed by atoms with E-state index in [0.717, 1.165) is 29.3 Å². The largest absolute Gasteiger partial charge is 0.505 e. The highest BCUT2D eigenvalue weighted by Crippen LogP contribution is 2.45. The molecule has 0 saturated carbocycles. The van der Waals surface area contributed by atoms with Crippen molar-refractivity contribution in [3.05, 3.63) is 157 Å². The molecule has 0 aliphatic heterocycles. The van der Waals surface area contributed by atoms with Crippen LogP contribution in [0.15, 0.2) is 207 Å². The molecular formula is C49H34N8O12S3. The Morgan fingerprint density at radius 1 is 0.319 bits per heavy atom. The monoisotopic (exact) mass is 1020 g/mol. The van der Waals surface area contributed by atoms with Gasteiger partial charge in [-0.1, -0.05) is 97.1 Å². The highest BCUT2D eigenvalue weighted by molar-refractivity contribution is 7.86. The fourth-order valence-corrected chi connectivity index (χ4v) is 9.77. The van der Waals surface area contributed by atoms with Gasteiger partial charge in [-0.3, -0.25) is 13.7 Å². The first kappa shape index (κ1) is 48.3. The average Bonchev–Trinajstić information content (AvgIpc) is 3.35. The average molecular weight is 1020 g/mol. The van der Waals surface area contributed by atoms with Crippen LogP contribution >= 0.6 is 0 Å². The van der Waals surface area contributed by atoms with Crippen LogP contribution in [0, 0.1) is 6.92 Å². The lowest BCUT2D eigenvalue weighted by Gasteiger charge is -2.09. The van der Waals surface area contributed by atoms with Crippen molar-refractivity contribution < 1.29 is 54.2 Å². The van der Waals surface area contributed by atoms with E-state index in [1.165, 1.54) is 60.7 Å². The summed E-state index contributed by atoms with van der Waals surface area (Å²) < 4.78 is 104. The molecule has 0 amide bonds. The van der Waals surface area contributed by atoms with Gasteiger partial charge in [0.15, 0.2) is 17.2 Å². The van der Waals surface area contributed by atoms with Crippen LogP contribution < -0.4 is 0 Å². The van der Waals surface area contributed by atoms with E-state index in [0.29, 0.717) is 16.9 Å². The highest BCUT2D eigenvalue weighted by atomic mass is 32.2. The molecular weight excluding hydrogens is 989 g/mol. The van der Waals surface area contributed by atoms with Gasteiger partial charge in [-0.05, 0) is 78.2 Å². The Balaban J connectivity index is 1.03. The summed E-state index contributed by atoms with van der Waals surface area (Å²) in [5, 5.41) is 67.2. The predicted octanol–water partition coefficient (Wildman–Crippen LogP) is 13.6. The van der Waals surface area contributed by atoms with Crippen LogP contribution in [0.3, 0.4) is 0 Å². The van der Waals surface area contributed by atoms with Crippen LogP contribution in [0.2, 0.25) is 0 Å². The minimum Gasteiger partial charge on any atom is -0.505 e. The van der Waals surface area contributed by atoms with E-state index in [1.807, 2.05) is 0 Å². The van der Waals surface area contributed by atoms with E-state index in [9.17, 15) is 54.2 Å². The third-order valence-corrected chi connectivity index (χ3v) is 13.8. The summed E-state index contributed by atoms with van der Waals surface area (Å²) in [7, 11) is -14.2. The Hall–Kier alpha value is -8.71. The smallest absolute Gasteiger partial charge is 0.295 e. The second-order valence-electron chi connectivity index (χ2n) is 15.8. The summed E-state index contributed by atoms with van der Waals surface area (Å²) in [5.41, 5.74) is 2.10. The molecule has 9 aromatic rings. The number of benzene rings is 9. The Morgan fingerprint density at radius 2 is 0.597 bits per heavy atom. The summed E-state index contributed by atoms with van der Waals surface area (Å²) in [4.78, 5) is -1.48. The summed E-state index contributed by atoms with van der Waals surface area (Å²) in [5.74, 6) is -1.18. The highest BCUT2D eigenvalue weighted by Gasteiger charge is 2.23. The second kappa shape index (κ2) is 18.9. The molecule has 9 rings (SSSR count). The third-order valence-electron chi connectivity index (χ3n) is 11.1. The molecule has 360 valence electrons. The molecule has 72 heavy (non-hydrogen) atoms. The summed E-state index contributed by atoms with van der Waals surface area (Å²) in [6.07, 6.45) is 0. The van der Waals surface area contributed by atoms with Crippen molar-refractivity contribution in [2.24, 2.45) is 40.9 Å². The molecule has 6 N–H and O–H groups in total. The standard InChI is InChI=1S/C49H34N8O12S3/c1-27-22-39(53-50-30-18-14-28(15-19-30)29-16-20-31(21-17-29)51-55-41-24-44(70(61,62)63)32-8-2-5-11-35(32)47(41)58)40(54-57-43-26-46(72(67,68)69)34-10-4-7-13-37(34)49(43)60)23-38(27)52-56-42-25-45(71(64,65)66)33-9-3-6-12-36(33)48(42)59/h2-26,58-60H,1H3,(H,61,62,63)(H,64,65,66)(H,67,68,69). The van der Waals surface area contributed by atoms with E-state index >= 15 is 0 Å². The van der Waals surface area contributed by atoms with Gasteiger partial charge in [0.05, 0.1) is 17.1 Å². The Kier molecular flexibility index (Phi) is 12.7. The lowest BCUT2D eigenvalue weighted by molar-refractivity contribution is 0.477. The lowest BCUT2D eigenvalue weighted by atomic mass is 10.1. The van der Waals surface area contributed by atoms with Crippen molar-refractivity contribution in [3.63, 3.8) is 0 Å². The molecule has 0 unspecified atom stereocenters. The number of rotatable bonds is 12. The van der Waals surface area contributed by atoms with Gasteiger partial charge in [0, 0.05) is 32.3 Å². The van der Waals surface area contributed by atoms with Crippen molar-refractivity contribution in [1.82, 2.24) is 0 Å². The second-order valence-corrected chi connectivity index (χ2v) is 20.0. The Morgan fingerprint density at radius 3 is 0.944 bits per heavy atom. The summed E-state index contributed by atoms with van der Waals surface area (Å²) in [6, 6.07) is 37.5. The molecule has 9 aromatic carbocycles. The fraction of sp³-hybridized carbons (Fsp3) is 0.0204. The van der Waals surface area contributed by atoms with Crippen molar-refractivity contribution in [1.29, 1.82) is 0 Å². The molecule has 20 nitrogen and oxygen atoms in total. The molecule has 0 heterocycles. The van der Waals surface area contributed by atoms with Crippen molar-refractivity contribution >= 4 is 108 Å². The van der Waals surface area contributed by atoms with Gasteiger partial charge >= 0.3 is 0 Å². The zero-order valence-corrected chi connectivity index (χ0v) is 39.3. The Labute approximate surface area is 408 Å². The summed E-state index contributed by atoms with van der Waals surface area (Å²) in [6.45, 7) is 1.64. The van der Waals surface area contributed by atoms with Crippen molar-refractivity contribution in [2.75, 3.05) is 0 Å². The molecule has 23 heteroatoms. The summed E-state index contributed by atoms with van der Waals surface area (Å²) >= 11 is 0. The number of hydrogen-bond acceptors (Lipinski definition) is 17. The maximum absolute atomic E-state index is 12.4. The van der Waals surface area contributed by atoms with Gasteiger partial charge in [-0.25, -0.2) is 0 Å². The molecule has 0 aromatic heterocycles. The molecule has 0 atom stereocenters. The van der Waals surface area contributed by atoms with Gasteiger partial charge in [0.25, 0.3) is 30.4 Å². The molecule has 0 radical (unpaired) electrons. The zero-order valence-electron chi connectivity index (χ0n) is 36.9. The number of hydrogen-bond donors (Lipinski definition) is 6. The lowest BCUT2D eigenvalue weighted by Crippen LogP contribution is -1.99. The van der Waals surface area contributed by atoms with E-state index in [4.69, 9.17) is 0 Å². The number of fused-ring (bicyclic) bond motifs is 3. The molecule has 0 aliphatic rings. The molecule has 0 fully saturated rings. The van der Waals surface area contributed by atoms with Crippen molar-refractivity contribution in [2.45, 2.75) is 21.6 Å². The van der Waals surface area contributed by atoms with Crippen molar-refractivity contribution in [3.8, 4) is 28.4 Å². The van der Waals surface area contributed by atoms with Gasteiger partial charge in [0.1, 0.15) is 43.1 Å². The van der Waals surface area contributed by atoms with Gasteiger partial charge in [0.2, 0.25) is 0 Å². The van der Waals surface area contributed by atoms with Crippen LogP contribution in [-0.2, 0) is 30.4 Å². The van der Waals surface area contributed by atoms with Crippen LogP contribution in [0.5, 0.6) is 17.2 Å². The topological polar surface area (TPSA) is 323 Å². The van der Waals surface area contributed by atoms with E-state index in [2.05, 4.69) is 40.9 Å².